The molecule has 0 bridgehead atoms. The molecule has 0 aliphatic carbocycles. The Kier molecular flexibility index (Phi) is 6.23. The minimum absolute atomic E-state index is 0.0139. The second-order valence-electron chi connectivity index (χ2n) is 8.81. The Morgan fingerprint density at radius 2 is 1.89 bits per heavy atom. The number of aliphatic hydroxyl groups is 1. The molecule has 10 heteroatoms. The number of nitrogens with zero attached hydrogens (tertiary/aromatic N) is 2. The number of carbonyl (C=O) groups excluding carboxylic acids is 3. The van der Waals surface area contributed by atoms with Crippen molar-refractivity contribution in [3.63, 3.8) is 0 Å². The van der Waals surface area contributed by atoms with Gasteiger partial charge in [-0.1, -0.05) is 12.1 Å². The molecule has 3 heterocycles. The number of piperidine rings is 1. The third-order valence-electron chi connectivity index (χ3n) is 6.56. The molecule has 182 valence electrons. The molecule has 35 heavy (non-hydrogen) atoms. The van der Waals surface area contributed by atoms with Crippen LogP contribution >= 0.6 is 0 Å². The number of rotatable bonds is 5. The minimum Gasteiger partial charge on any atom is -0.380 e. The van der Waals surface area contributed by atoms with Crippen molar-refractivity contribution in [2.24, 2.45) is 0 Å². The van der Waals surface area contributed by atoms with Gasteiger partial charge in [0.2, 0.25) is 5.91 Å². The van der Waals surface area contributed by atoms with Crippen LogP contribution in [-0.2, 0) is 25.7 Å². The number of morpholine rings is 1. The maximum atomic E-state index is 13.4. The predicted molar refractivity (Wildman–Crippen MR) is 129 cm³/mol. The molecule has 2 atom stereocenters. The van der Waals surface area contributed by atoms with Gasteiger partial charge in [-0.15, -0.1) is 0 Å². The van der Waals surface area contributed by atoms with Gasteiger partial charge in [0.15, 0.2) is 12.2 Å². The summed E-state index contributed by atoms with van der Waals surface area (Å²) in [6.07, 6.45) is -0.900. The summed E-state index contributed by atoms with van der Waals surface area (Å²) in [5, 5.41) is 24.1. The first kappa shape index (κ1) is 23.0. The lowest BCUT2D eigenvalue weighted by Gasteiger charge is -2.37. The number of ether oxygens (including phenoxy) is 1. The van der Waals surface area contributed by atoms with Gasteiger partial charge in [-0.05, 0) is 48.7 Å². The zero-order valence-corrected chi connectivity index (χ0v) is 19.1. The van der Waals surface area contributed by atoms with Crippen LogP contribution in [0.3, 0.4) is 0 Å². The Hall–Kier alpha value is -3.76. The number of aliphatic hydroxyl groups excluding tert-OH is 1. The molecular weight excluding hydrogens is 450 g/mol. The monoisotopic (exact) mass is 477 g/mol. The van der Waals surface area contributed by atoms with Crippen molar-refractivity contribution in [1.29, 1.82) is 5.41 Å². The topological polar surface area (TPSA) is 135 Å². The van der Waals surface area contributed by atoms with Gasteiger partial charge in [0.25, 0.3) is 11.8 Å². The SMILES string of the molecule is N=C1NCc2cc(NC(=O)[C@H](O)[C@H]3OCCN(c4ccccc4N4CCCCC4=O)C3=O)ccc21. The number of para-hydroxylation sites is 2. The summed E-state index contributed by atoms with van der Waals surface area (Å²) >= 11 is 0. The van der Waals surface area contributed by atoms with Gasteiger partial charge < -0.3 is 30.3 Å². The zero-order valence-electron chi connectivity index (χ0n) is 19.1. The zero-order chi connectivity index (χ0) is 24.5. The predicted octanol–water partition coefficient (Wildman–Crippen LogP) is 1.36. The normalized spacial score (nSPS) is 20.9. The van der Waals surface area contributed by atoms with Gasteiger partial charge in [-0.25, -0.2) is 0 Å². The first-order valence-corrected chi connectivity index (χ1v) is 11.7. The lowest BCUT2D eigenvalue weighted by Crippen LogP contribution is -2.55. The number of amidine groups is 1. The van der Waals surface area contributed by atoms with Crippen LogP contribution in [0.25, 0.3) is 0 Å². The molecular formula is C25H27N5O5. The fraction of sp³-hybridized carbons (Fsp3) is 0.360. The van der Waals surface area contributed by atoms with Crippen molar-refractivity contribution in [2.75, 3.05) is 34.8 Å². The third kappa shape index (κ3) is 4.38. The lowest BCUT2D eigenvalue weighted by molar-refractivity contribution is -0.150. The lowest BCUT2D eigenvalue weighted by atomic mass is 10.1. The molecule has 3 aliphatic heterocycles. The van der Waals surface area contributed by atoms with E-state index in [-0.39, 0.29) is 19.1 Å². The quantitative estimate of drug-likeness (QED) is 0.514. The van der Waals surface area contributed by atoms with Crippen LogP contribution in [0.4, 0.5) is 17.1 Å². The van der Waals surface area contributed by atoms with E-state index in [1.54, 1.807) is 35.2 Å². The molecule has 4 N–H and O–H groups in total. The summed E-state index contributed by atoms with van der Waals surface area (Å²) in [7, 11) is 0. The Bertz CT molecular complexity index is 1200. The molecule has 2 fully saturated rings. The molecule has 2 aromatic carbocycles. The average Bonchev–Trinajstić information content (AvgIpc) is 3.24. The van der Waals surface area contributed by atoms with E-state index in [2.05, 4.69) is 10.6 Å². The molecule has 0 aromatic heterocycles. The number of amides is 3. The molecule has 0 unspecified atom stereocenters. The summed E-state index contributed by atoms with van der Waals surface area (Å²) in [5.74, 6) is -0.959. The van der Waals surface area contributed by atoms with E-state index in [4.69, 9.17) is 10.1 Å². The molecule has 0 spiro atoms. The molecule has 2 aromatic rings. The third-order valence-corrected chi connectivity index (χ3v) is 6.56. The van der Waals surface area contributed by atoms with Gasteiger partial charge in [0.1, 0.15) is 5.84 Å². The number of carbonyl (C=O) groups is 3. The molecule has 3 aliphatic rings. The summed E-state index contributed by atoms with van der Waals surface area (Å²) in [6.45, 7) is 1.44. The van der Waals surface area contributed by atoms with Crippen molar-refractivity contribution in [2.45, 2.75) is 38.0 Å². The Balaban J connectivity index is 1.33. The molecule has 0 saturated carbocycles. The Labute approximate surface area is 202 Å². The fourth-order valence-corrected chi connectivity index (χ4v) is 4.75. The number of hydrogen-bond acceptors (Lipinski definition) is 6. The van der Waals surface area contributed by atoms with Gasteiger partial charge in [0.05, 0.1) is 18.0 Å². The van der Waals surface area contributed by atoms with E-state index in [9.17, 15) is 19.5 Å². The fourth-order valence-electron chi connectivity index (χ4n) is 4.75. The second-order valence-corrected chi connectivity index (χ2v) is 8.81. The second kappa shape index (κ2) is 9.47. The Morgan fingerprint density at radius 3 is 2.66 bits per heavy atom. The number of fused-ring (bicyclic) bond motifs is 1. The summed E-state index contributed by atoms with van der Waals surface area (Å²) in [6, 6.07) is 12.3. The highest BCUT2D eigenvalue weighted by atomic mass is 16.5. The van der Waals surface area contributed by atoms with Gasteiger partial charge >= 0.3 is 0 Å². The van der Waals surface area contributed by atoms with Gasteiger partial charge in [-0.2, -0.15) is 0 Å². The first-order chi connectivity index (χ1) is 16.9. The highest BCUT2D eigenvalue weighted by Crippen LogP contribution is 2.33. The summed E-state index contributed by atoms with van der Waals surface area (Å²) in [4.78, 5) is 41.9. The molecule has 2 saturated heterocycles. The van der Waals surface area contributed by atoms with Crippen molar-refractivity contribution in [3.8, 4) is 0 Å². The molecule has 5 rings (SSSR count). The van der Waals surface area contributed by atoms with Gasteiger partial charge in [0, 0.05) is 37.3 Å². The molecule has 0 radical (unpaired) electrons. The van der Waals surface area contributed by atoms with E-state index >= 15 is 0 Å². The standard InChI is InChI=1S/C25H27N5O5/c26-23-17-9-8-16(13-15(17)14-27-23)28-24(33)21(32)22-25(34)30(11-12-35-22)19-6-2-1-5-18(19)29-10-4-3-7-20(29)31/h1-2,5-6,8-9,13,21-22,32H,3-4,7,10-12,14H2,(H2,26,27)(H,28,33)/t21-,22-/m1/s1. The van der Waals surface area contributed by atoms with Gasteiger partial charge in [-0.3, -0.25) is 19.8 Å². The highest BCUT2D eigenvalue weighted by molar-refractivity contribution is 6.07. The number of anilines is 3. The largest absolute Gasteiger partial charge is 0.380 e. The molecule has 10 nitrogen and oxygen atoms in total. The molecule has 3 amide bonds. The minimum atomic E-state index is -1.72. The van der Waals surface area contributed by atoms with Crippen LogP contribution in [0, 0.1) is 5.41 Å². The number of nitrogens with one attached hydrogen (secondary N) is 3. The van der Waals surface area contributed by atoms with Crippen LogP contribution in [-0.4, -0.2) is 60.6 Å². The maximum Gasteiger partial charge on any atom is 0.259 e. The van der Waals surface area contributed by atoms with E-state index in [1.807, 2.05) is 12.1 Å². The maximum absolute atomic E-state index is 13.4. The number of hydrogen-bond donors (Lipinski definition) is 4. The van der Waals surface area contributed by atoms with E-state index < -0.39 is 24.0 Å². The van der Waals surface area contributed by atoms with Crippen LogP contribution in [0.1, 0.15) is 30.4 Å². The van der Waals surface area contributed by atoms with Crippen LogP contribution in [0.15, 0.2) is 42.5 Å². The number of benzene rings is 2. The first-order valence-electron chi connectivity index (χ1n) is 11.7. The van der Waals surface area contributed by atoms with E-state index in [0.717, 1.165) is 24.0 Å². The van der Waals surface area contributed by atoms with Crippen molar-refractivity contribution < 1.29 is 24.2 Å². The highest BCUT2D eigenvalue weighted by Gasteiger charge is 2.40. The van der Waals surface area contributed by atoms with Crippen LogP contribution in [0.2, 0.25) is 0 Å². The summed E-state index contributed by atoms with van der Waals surface area (Å²) in [5.41, 5.74) is 3.28. The van der Waals surface area contributed by atoms with E-state index in [0.29, 0.717) is 42.4 Å². The van der Waals surface area contributed by atoms with Crippen molar-refractivity contribution in [3.05, 3.63) is 53.6 Å². The van der Waals surface area contributed by atoms with Crippen LogP contribution < -0.4 is 20.4 Å². The Morgan fingerprint density at radius 1 is 1.11 bits per heavy atom. The smallest absolute Gasteiger partial charge is 0.259 e. The van der Waals surface area contributed by atoms with E-state index in [1.165, 1.54) is 4.90 Å². The van der Waals surface area contributed by atoms with Crippen molar-refractivity contribution in [1.82, 2.24) is 5.32 Å². The summed E-state index contributed by atoms with van der Waals surface area (Å²) < 4.78 is 5.54. The van der Waals surface area contributed by atoms with Crippen LogP contribution in [0.5, 0.6) is 0 Å². The van der Waals surface area contributed by atoms with Crippen molar-refractivity contribution >= 4 is 40.6 Å². The average molecular weight is 478 g/mol.